The number of urea groups is 2. The number of rotatable bonds is 4. The molecule has 0 radical (unpaired) electrons. The zero-order valence-electron chi connectivity index (χ0n) is 13.2. The first kappa shape index (κ1) is 17.8. The van der Waals surface area contributed by atoms with Crippen molar-refractivity contribution < 1.29 is 14.4 Å². The lowest BCUT2D eigenvalue weighted by Crippen LogP contribution is -2.52. The Morgan fingerprint density at radius 2 is 1.36 bits per heavy atom. The Kier molecular flexibility index (Phi) is 6.32. The highest BCUT2D eigenvalue weighted by atomic mass is 16.2. The second-order valence-electron chi connectivity index (χ2n) is 4.81. The van der Waals surface area contributed by atoms with Crippen LogP contribution in [0.2, 0.25) is 0 Å². The number of hydrazine groups is 2. The Labute approximate surface area is 144 Å². The van der Waals surface area contributed by atoms with E-state index >= 15 is 0 Å². The number of amides is 5. The molecule has 2 aromatic carbocycles. The van der Waals surface area contributed by atoms with Crippen molar-refractivity contribution in [2.45, 2.75) is 0 Å². The van der Waals surface area contributed by atoms with Crippen LogP contribution in [0.25, 0.3) is 0 Å². The van der Waals surface area contributed by atoms with Crippen LogP contribution in [-0.4, -0.2) is 24.5 Å². The fourth-order valence-electron chi connectivity index (χ4n) is 1.96. The van der Waals surface area contributed by atoms with Crippen molar-refractivity contribution in [3.05, 3.63) is 60.7 Å². The molecule has 0 spiro atoms. The molecule has 0 fully saturated rings. The van der Waals surface area contributed by atoms with E-state index in [1.807, 2.05) is 17.6 Å². The van der Waals surface area contributed by atoms with Crippen LogP contribution < -0.4 is 32.3 Å². The number of para-hydroxylation sites is 2. The lowest BCUT2D eigenvalue weighted by Gasteiger charge is -2.23. The summed E-state index contributed by atoms with van der Waals surface area (Å²) in [7, 11) is 0. The lowest BCUT2D eigenvalue weighted by atomic mass is 10.2. The largest absolute Gasteiger partial charge is 0.345 e. The standard InChI is InChI=1S/C16H18N6O3/c17-19-14(23)11-18-15(24)20-21-16(25)22(12-7-3-1-4-8-12)13-9-5-2-6-10-13/h1-10H,11,17H2,(H,19,23)(H,21,25)(H2,18,20,24). The molecule has 0 aliphatic rings. The summed E-state index contributed by atoms with van der Waals surface area (Å²) in [6.45, 7) is -0.320. The third-order valence-corrected chi connectivity index (χ3v) is 3.09. The Balaban J connectivity index is 2.04. The molecular formula is C16H18N6O3. The van der Waals surface area contributed by atoms with Crippen LogP contribution >= 0.6 is 0 Å². The first-order chi connectivity index (χ1) is 12.1. The van der Waals surface area contributed by atoms with E-state index in [1.165, 1.54) is 4.90 Å². The summed E-state index contributed by atoms with van der Waals surface area (Å²) in [5.74, 6) is 4.33. The van der Waals surface area contributed by atoms with Crippen molar-refractivity contribution in [3.8, 4) is 0 Å². The molecule has 0 saturated heterocycles. The molecule has 0 aliphatic heterocycles. The fraction of sp³-hybridized carbons (Fsp3) is 0.0625. The van der Waals surface area contributed by atoms with E-state index in [4.69, 9.17) is 5.84 Å². The first-order valence-electron chi connectivity index (χ1n) is 7.35. The molecule has 0 unspecified atom stereocenters. The van der Waals surface area contributed by atoms with Gasteiger partial charge in [0.1, 0.15) is 0 Å². The molecule has 0 aromatic heterocycles. The Hall–Kier alpha value is -3.59. The quantitative estimate of drug-likeness (QED) is 0.319. The van der Waals surface area contributed by atoms with Crippen molar-refractivity contribution in [3.63, 3.8) is 0 Å². The zero-order chi connectivity index (χ0) is 18.1. The highest BCUT2D eigenvalue weighted by molar-refractivity contribution is 6.00. The summed E-state index contributed by atoms with van der Waals surface area (Å²) < 4.78 is 0. The van der Waals surface area contributed by atoms with Crippen LogP contribution in [0.4, 0.5) is 21.0 Å². The van der Waals surface area contributed by atoms with Crippen LogP contribution in [0, 0.1) is 0 Å². The number of carbonyl (C=O) groups is 3. The first-order valence-corrected chi connectivity index (χ1v) is 7.35. The number of anilines is 2. The molecule has 9 heteroatoms. The molecule has 0 heterocycles. The van der Waals surface area contributed by atoms with Crippen LogP contribution in [0.1, 0.15) is 0 Å². The van der Waals surface area contributed by atoms with Crippen molar-refractivity contribution in [1.29, 1.82) is 0 Å². The van der Waals surface area contributed by atoms with Crippen molar-refractivity contribution in [1.82, 2.24) is 21.6 Å². The van der Waals surface area contributed by atoms with E-state index in [9.17, 15) is 14.4 Å². The summed E-state index contributed by atoms with van der Waals surface area (Å²) in [4.78, 5) is 36.5. The summed E-state index contributed by atoms with van der Waals surface area (Å²) >= 11 is 0. The smallest absolute Gasteiger partial charge is 0.328 e. The number of carbonyl (C=O) groups excluding carboxylic acids is 3. The minimum absolute atomic E-state index is 0.320. The van der Waals surface area contributed by atoms with E-state index in [-0.39, 0.29) is 6.54 Å². The number of benzene rings is 2. The third kappa shape index (κ3) is 5.22. The summed E-state index contributed by atoms with van der Waals surface area (Å²) in [6, 6.07) is 16.6. The Morgan fingerprint density at radius 1 is 0.840 bits per heavy atom. The monoisotopic (exact) mass is 342 g/mol. The SMILES string of the molecule is NNC(=O)CNC(=O)NNC(=O)N(c1ccccc1)c1ccccc1. The van der Waals surface area contributed by atoms with Gasteiger partial charge in [-0.3, -0.25) is 15.1 Å². The van der Waals surface area contributed by atoms with Gasteiger partial charge in [-0.1, -0.05) is 36.4 Å². The predicted octanol–water partition coefficient (Wildman–Crippen LogP) is 0.738. The minimum Gasteiger partial charge on any atom is -0.328 e. The molecular weight excluding hydrogens is 324 g/mol. The van der Waals surface area contributed by atoms with Gasteiger partial charge in [-0.25, -0.2) is 26.3 Å². The van der Waals surface area contributed by atoms with Crippen molar-refractivity contribution >= 4 is 29.3 Å². The fourth-order valence-corrected chi connectivity index (χ4v) is 1.96. The molecule has 0 aliphatic carbocycles. The highest BCUT2D eigenvalue weighted by Crippen LogP contribution is 2.24. The summed E-state index contributed by atoms with van der Waals surface area (Å²) in [6.07, 6.45) is 0. The average Bonchev–Trinajstić information content (AvgIpc) is 2.66. The minimum atomic E-state index is -0.752. The number of hydrogen-bond donors (Lipinski definition) is 5. The normalized spacial score (nSPS) is 9.64. The number of hydrogen-bond acceptors (Lipinski definition) is 4. The van der Waals surface area contributed by atoms with Gasteiger partial charge in [0.05, 0.1) is 17.9 Å². The van der Waals surface area contributed by atoms with Gasteiger partial charge in [0.15, 0.2) is 0 Å². The van der Waals surface area contributed by atoms with Gasteiger partial charge < -0.3 is 5.32 Å². The van der Waals surface area contributed by atoms with E-state index in [0.717, 1.165) is 0 Å². The maximum Gasteiger partial charge on any atom is 0.345 e. The maximum atomic E-state index is 12.5. The lowest BCUT2D eigenvalue weighted by molar-refractivity contribution is -0.120. The summed E-state index contributed by atoms with van der Waals surface area (Å²) in [5.41, 5.74) is 7.56. The third-order valence-electron chi connectivity index (χ3n) is 3.09. The van der Waals surface area contributed by atoms with Crippen LogP contribution in [-0.2, 0) is 4.79 Å². The zero-order valence-corrected chi connectivity index (χ0v) is 13.2. The van der Waals surface area contributed by atoms with Gasteiger partial charge in [-0.05, 0) is 24.3 Å². The topological polar surface area (TPSA) is 129 Å². The van der Waals surface area contributed by atoms with Gasteiger partial charge in [0, 0.05) is 0 Å². The van der Waals surface area contributed by atoms with Gasteiger partial charge in [-0.2, -0.15) is 0 Å². The van der Waals surface area contributed by atoms with Gasteiger partial charge in [0.25, 0.3) is 5.91 Å². The van der Waals surface area contributed by atoms with Gasteiger partial charge in [0.2, 0.25) is 0 Å². The molecule has 5 amide bonds. The predicted molar refractivity (Wildman–Crippen MR) is 92.4 cm³/mol. The van der Waals surface area contributed by atoms with E-state index in [0.29, 0.717) is 11.4 Å². The van der Waals surface area contributed by atoms with Gasteiger partial charge in [-0.15, -0.1) is 0 Å². The molecule has 6 N–H and O–H groups in total. The van der Waals surface area contributed by atoms with Crippen LogP contribution in [0.3, 0.4) is 0 Å². The molecule has 25 heavy (non-hydrogen) atoms. The van der Waals surface area contributed by atoms with E-state index in [1.54, 1.807) is 48.5 Å². The van der Waals surface area contributed by atoms with Crippen LogP contribution in [0.15, 0.2) is 60.7 Å². The molecule has 2 rings (SSSR count). The molecule has 9 nitrogen and oxygen atoms in total. The van der Waals surface area contributed by atoms with Crippen molar-refractivity contribution in [2.75, 3.05) is 11.4 Å². The second kappa shape index (κ2) is 8.89. The number of nitrogens with zero attached hydrogens (tertiary/aromatic N) is 1. The maximum absolute atomic E-state index is 12.5. The van der Waals surface area contributed by atoms with Crippen LogP contribution in [0.5, 0.6) is 0 Å². The average molecular weight is 342 g/mol. The van der Waals surface area contributed by atoms with E-state index in [2.05, 4.69) is 16.2 Å². The Bertz CT molecular complexity index is 684. The molecule has 130 valence electrons. The molecule has 2 aromatic rings. The number of nitrogens with one attached hydrogen (secondary N) is 4. The molecule has 0 saturated carbocycles. The second-order valence-corrected chi connectivity index (χ2v) is 4.81. The molecule has 0 bridgehead atoms. The summed E-state index contributed by atoms with van der Waals surface area (Å²) in [5, 5.41) is 2.23. The molecule has 0 atom stereocenters. The van der Waals surface area contributed by atoms with E-state index < -0.39 is 18.0 Å². The highest BCUT2D eigenvalue weighted by Gasteiger charge is 2.18. The van der Waals surface area contributed by atoms with Gasteiger partial charge >= 0.3 is 12.1 Å². The Morgan fingerprint density at radius 3 is 1.84 bits per heavy atom. The van der Waals surface area contributed by atoms with Crippen molar-refractivity contribution in [2.24, 2.45) is 5.84 Å². The number of nitrogens with two attached hydrogens (primary N) is 1.